The standard InChI is InChI=1S/C17H18BrClN2O2/c1-10-6-13(4-5-15(10)18)21-17(22)20-9-23-14-7-11(2)16(19)12(3)8-14/h4-8H,9H2,1-3H3,(H2,20,21,22). The summed E-state index contributed by atoms with van der Waals surface area (Å²) < 4.78 is 6.54. The fraction of sp³-hybridized carbons (Fsp3) is 0.235. The Hall–Kier alpha value is -1.72. The summed E-state index contributed by atoms with van der Waals surface area (Å²) in [6, 6.07) is 8.95. The number of carbonyl (C=O) groups is 1. The van der Waals surface area contributed by atoms with E-state index < -0.39 is 0 Å². The van der Waals surface area contributed by atoms with Crippen LogP contribution < -0.4 is 15.4 Å². The summed E-state index contributed by atoms with van der Waals surface area (Å²) in [5.41, 5.74) is 3.65. The molecule has 0 radical (unpaired) electrons. The van der Waals surface area contributed by atoms with Gasteiger partial charge in [0.2, 0.25) is 0 Å². The highest BCUT2D eigenvalue weighted by molar-refractivity contribution is 9.10. The number of hydrogen-bond acceptors (Lipinski definition) is 2. The fourth-order valence-electron chi connectivity index (χ4n) is 2.07. The van der Waals surface area contributed by atoms with E-state index >= 15 is 0 Å². The minimum Gasteiger partial charge on any atom is -0.473 e. The molecule has 0 aliphatic heterocycles. The maximum absolute atomic E-state index is 11.9. The van der Waals surface area contributed by atoms with Crippen molar-refractivity contribution in [2.45, 2.75) is 20.8 Å². The van der Waals surface area contributed by atoms with Crippen LogP contribution in [0.1, 0.15) is 16.7 Å². The Balaban J connectivity index is 1.86. The number of anilines is 1. The normalized spacial score (nSPS) is 10.3. The summed E-state index contributed by atoms with van der Waals surface area (Å²) in [7, 11) is 0. The molecule has 6 heteroatoms. The lowest BCUT2D eigenvalue weighted by molar-refractivity contribution is 0.234. The van der Waals surface area contributed by atoms with Gasteiger partial charge in [-0.15, -0.1) is 0 Å². The quantitative estimate of drug-likeness (QED) is 0.698. The zero-order valence-corrected chi connectivity index (χ0v) is 15.5. The molecule has 0 heterocycles. The van der Waals surface area contributed by atoms with Gasteiger partial charge in [-0.25, -0.2) is 4.79 Å². The molecule has 0 spiro atoms. The van der Waals surface area contributed by atoms with Crippen LogP contribution in [0.5, 0.6) is 5.75 Å². The van der Waals surface area contributed by atoms with E-state index in [0.29, 0.717) is 5.75 Å². The molecule has 2 aromatic carbocycles. The molecule has 0 unspecified atom stereocenters. The number of rotatable bonds is 4. The molecule has 2 rings (SSSR count). The molecule has 0 saturated carbocycles. The van der Waals surface area contributed by atoms with Gasteiger partial charge in [-0.1, -0.05) is 27.5 Å². The van der Waals surface area contributed by atoms with Crippen LogP contribution >= 0.6 is 27.5 Å². The number of halogens is 2. The smallest absolute Gasteiger partial charge is 0.321 e. The largest absolute Gasteiger partial charge is 0.473 e. The summed E-state index contributed by atoms with van der Waals surface area (Å²) >= 11 is 9.53. The highest BCUT2D eigenvalue weighted by Gasteiger charge is 2.05. The number of hydrogen-bond donors (Lipinski definition) is 2. The number of amides is 2. The van der Waals surface area contributed by atoms with Gasteiger partial charge in [0.25, 0.3) is 0 Å². The van der Waals surface area contributed by atoms with Gasteiger partial charge in [0.15, 0.2) is 6.73 Å². The van der Waals surface area contributed by atoms with Crippen LogP contribution in [0.2, 0.25) is 5.02 Å². The topological polar surface area (TPSA) is 50.4 Å². The second-order valence-electron chi connectivity index (χ2n) is 5.25. The van der Waals surface area contributed by atoms with Crippen LogP contribution in [0.25, 0.3) is 0 Å². The first-order valence-corrected chi connectivity index (χ1v) is 8.24. The molecule has 0 bridgehead atoms. The number of nitrogens with one attached hydrogen (secondary N) is 2. The molecule has 2 N–H and O–H groups in total. The van der Waals surface area contributed by atoms with Gasteiger partial charge >= 0.3 is 6.03 Å². The molecular weight excluding hydrogens is 380 g/mol. The third-order valence-electron chi connectivity index (χ3n) is 3.30. The highest BCUT2D eigenvalue weighted by Crippen LogP contribution is 2.25. The van der Waals surface area contributed by atoms with Crippen LogP contribution in [-0.2, 0) is 0 Å². The predicted octanol–water partition coefficient (Wildman–Crippen LogP) is 5.19. The number of benzene rings is 2. The molecule has 122 valence electrons. The van der Waals surface area contributed by atoms with E-state index in [4.69, 9.17) is 16.3 Å². The van der Waals surface area contributed by atoms with Gasteiger partial charge in [-0.2, -0.15) is 0 Å². The third kappa shape index (κ3) is 4.88. The lowest BCUT2D eigenvalue weighted by atomic mass is 10.1. The minimum absolute atomic E-state index is 0.0713. The van der Waals surface area contributed by atoms with Crippen molar-refractivity contribution in [3.05, 3.63) is 56.5 Å². The molecule has 2 amide bonds. The average Bonchev–Trinajstić information content (AvgIpc) is 2.48. The van der Waals surface area contributed by atoms with Crippen molar-refractivity contribution in [2.75, 3.05) is 12.0 Å². The second-order valence-corrected chi connectivity index (χ2v) is 6.49. The van der Waals surface area contributed by atoms with Crippen molar-refractivity contribution in [3.8, 4) is 5.75 Å². The Morgan fingerprint density at radius 2 is 1.78 bits per heavy atom. The molecular formula is C17H18BrClN2O2. The van der Waals surface area contributed by atoms with E-state index in [1.165, 1.54) is 0 Å². The lowest BCUT2D eigenvalue weighted by Crippen LogP contribution is -2.32. The van der Waals surface area contributed by atoms with Crippen LogP contribution in [0, 0.1) is 20.8 Å². The number of urea groups is 1. The molecule has 2 aromatic rings. The SMILES string of the molecule is Cc1cc(NC(=O)NCOc2cc(C)c(Cl)c(C)c2)ccc1Br. The predicted molar refractivity (Wildman–Crippen MR) is 97.5 cm³/mol. The van der Waals surface area contributed by atoms with E-state index in [1.54, 1.807) is 0 Å². The monoisotopic (exact) mass is 396 g/mol. The molecule has 0 aliphatic rings. The van der Waals surface area contributed by atoms with Gasteiger partial charge in [0, 0.05) is 15.2 Å². The Bertz CT molecular complexity index is 712. The first kappa shape index (κ1) is 17.6. The molecule has 0 aliphatic carbocycles. The van der Waals surface area contributed by atoms with Crippen molar-refractivity contribution in [3.63, 3.8) is 0 Å². The first-order valence-electron chi connectivity index (χ1n) is 7.07. The molecule has 0 fully saturated rings. The maximum atomic E-state index is 11.9. The van der Waals surface area contributed by atoms with Gasteiger partial charge in [0.1, 0.15) is 5.75 Å². The van der Waals surface area contributed by atoms with Crippen molar-refractivity contribution < 1.29 is 9.53 Å². The van der Waals surface area contributed by atoms with Gasteiger partial charge in [-0.3, -0.25) is 0 Å². The van der Waals surface area contributed by atoms with Crippen LogP contribution in [-0.4, -0.2) is 12.8 Å². The number of carbonyl (C=O) groups excluding carboxylic acids is 1. The van der Waals surface area contributed by atoms with E-state index in [0.717, 1.165) is 31.9 Å². The van der Waals surface area contributed by atoms with E-state index in [9.17, 15) is 4.79 Å². The van der Waals surface area contributed by atoms with Gasteiger partial charge in [0.05, 0.1) is 0 Å². The number of ether oxygens (including phenoxy) is 1. The van der Waals surface area contributed by atoms with Crippen LogP contribution in [0.4, 0.5) is 10.5 Å². The third-order valence-corrected chi connectivity index (χ3v) is 4.78. The minimum atomic E-state index is -0.325. The lowest BCUT2D eigenvalue weighted by Gasteiger charge is -2.12. The second kappa shape index (κ2) is 7.70. The first-order chi connectivity index (χ1) is 10.9. The molecule has 0 atom stereocenters. The summed E-state index contributed by atoms with van der Waals surface area (Å²) in [6.45, 7) is 5.86. The van der Waals surface area contributed by atoms with Crippen molar-refractivity contribution in [2.24, 2.45) is 0 Å². The summed E-state index contributed by atoms with van der Waals surface area (Å²) in [4.78, 5) is 11.9. The Kier molecular flexibility index (Phi) is 5.91. The Labute approximate surface area is 149 Å². The fourth-order valence-corrected chi connectivity index (χ4v) is 2.43. The summed E-state index contributed by atoms with van der Waals surface area (Å²) in [5, 5.41) is 6.14. The number of aryl methyl sites for hydroxylation is 3. The average molecular weight is 398 g/mol. The van der Waals surface area contributed by atoms with E-state index in [2.05, 4.69) is 26.6 Å². The molecule has 0 aromatic heterocycles. The maximum Gasteiger partial charge on any atom is 0.321 e. The molecule has 0 saturated heterocycles. The molecule has 4 nitrogen and oxygen atoms in total. The van der Waals surface area contributed by atoms with Gasteiger partial charge in [-0.05, 0) is 67.8 Å². The van der Waals surface area contributed by atoms with Crippen molar-refractivity contribution >= 4 is 39.2 Å². The molecule has 23 heavy (non-hydrogen) atoms. The Morgan fingerprint density at radius 3 is 2.39 bits per heavy atom. The Morgan fingerprint density at radius 1 is 1.13 bits per heavy atom. The van der Waals surface area contributed by atoms with Crippen molar-refractivity contribution in [1.82, 2.24) is 5.32 Å². The highest BCUT2D eigenvalue weighted by atomic mass is 79.9. The van der Waals surface area contributed by atoms with Crippen LogP contribution in [0.3, 0.4) is 0 Å². The van der Waals surface area contributed by atoms with Crippen molar-refractivity contribution in [1.29, 1.82) is 0 Å². The zero-order valence-electron chi connectivity index (χ0n) is 13.2. The van der Waals surface area contributed by atoms with E-state index in [-0.39, 0.29) is 12.8 Å². The van der Waals surface area contributed by atoms with E-state index in [1.807, 2.05) is 51.1 Å². The summed E-state index contributed by atoms with van der Waals surface area (Å²) in [6.07, 6.45) is 0. The van der Waals surface area contributed by atoms with Crippen LogP contribution in [0.15, 0.2) is 34.8 Å². The van der Waals surface area contributed by atoms with Gasteiger partial charge < -0.3 is 15.4 Å². The summed E-state index contributed by atoms with van der Waals surface area (Å²) in [5.74, 6) is 0.671. The zero-order chi connectivity index (χ0) is 17.0.